The molecule has 5 rings (SSSR count). The van der Waals surface area contributed by atoms with Gasteiger partial charge in [0.1, 0.15) is 5.82 Å². The van der Waals surface area contributed by atoms with E-state index >= 15 is 8.78 Å². The first-order valence-electron chi connectivity index (χ1n) is 13.0. The van der Waals surface area contributed by atoms with E-state index < -0.39 is 24.0 Å². The normalized spacial score (nSPS) is 16.3. The first-order chi connectivity index (χ1) is 19.7. The molecule has 1 unspecified atom stereocenters. The SMILES string of the molecule is C=C(/C(=C\C=C/Cl)c1nc2ccccc2[nH]1)c1ccc(C(=O)N2C(CCC)c3ccccc3C2(F)F)cc1C(=O)O. The van der Waals surface area contributed by atoms with Crippen molar-refractivity contribution < 1.29 is 23.5 Å². The van der Waals surface area contributed by atoms with Gasteiger partial charge in [0.2, 0.25) is 0 Å². The Labute approximate surface area is 240 Å². The van der Waals surface area contributed by atoms with Gasteiger partial charge in [-0.3, -0.25) is 9.69 Å². The molecule has 2 heterocycles. The van der Waals surface area contributed by atoms with Crippen molar-refractivity contribution in [3.8, 4) is 0 Å². The number of nitrogens with one attached hydrogen (secondary N) is 1. The van der Waals surface area contributed by atoms with Gasteiger partial charge in [-0.15, -0.1) is 0 Å². The van der Waals surface area contributed by atoms with Crippen molar-refractivity contribution in [1.29, 1.82) is 0 Å². The molecule has 2 N–H and O–H groups in total. The minimum absolute atomic E-state index is 0.164. The molecule has 1 aliphatic heterocycles. The third-order valence-corrected chi connectivity index (χ3v) is 7.31. The van der Waals surface area contributed by atoms with Crippen LogP contribution >= 0.6 is 11.6 Å². The number of amides is 1. The lowest BCUT2D eigenvalue weighted by molar-refractivity contribution is -0.133. The summed E-state index contributed by atoms with van der Waals surface area (Å²) in [6.07, 6.45) is 4.09. The number of allylic oxidation sites excluding steroid dienone is 4. The number of hydrogen-bond donors (Lipinski definition) is 2. The van der Waals surface area contributed by atoms with Crippen molar-refractivity contribution in [3.63, 3.8) is 0 Å². The van der Waals surface area contributed by atoms with Crippen LogP contribution in [-0.4, -0.2) is 31.9 Å². The van der Waals surface area contributed by atoms with Crippen molar-refractivity contribution in [2.45, 2.75) is 31.9 Å². The summed E-state index contributed by atoms with van der Waals surface area (Å²) in [6, 6.07) is 13.0. The van der Waals surface area contributed by atoms with E-state index in [4.69, 9.17) is 11.6 Å². The lowest BCUT2D eigenvalue weighted by atomic mass is 9.92. The monoisotopic (exact) mass is 573 g/mol. The number of hydrogen-bond acceptors (Lipinski definition) is 3. The van der Waals surface area contributed by atoms with Crippen LogP contribution in [0.1, 0.15) is 69.0 Å². The maximum atomic E-state index is 15.6. The first-order valence-corrected chi connectivity index (χ1v) is 13.4. The van der Waals surface area contributed by atoms with Gasteiger partial charge in [0, 0.05) is 22.2 Å². The molecule has 4 aromatic rings. The molecule has 1 atom stereocenters. The van der Waals surface area contributed by atoms with Crippen LogP contribution in [0.5, 0.6) is 0 Å². The first kappa shape index (κ1) is 28.0. The molecule has 0 fully saturated rings. The number of carboxylic acids is 1. The Morgan fingerprint density at radius 1 is 1.12 bits per heavy atom. The van der Waals surface area contributed by atoms with E-state index in [1.54, 1.807) is 24.3 Å². The minimum atomic E-state index is -3.55. The third-order valence-electron chi connectivity index (χ3n) is 7.17. The standard InChI is InChI=1S/C32H26ClF2N3O3/c1-3-9-28-23-10-4-5-12-25(23)32(34,35)38(28)30(39)20-15-16-21(24(18-20)31(40)41)19(2)22(11-8-17-33)29-36-26-13-6-7-14-27(26)37-29/h4-8,10-18,28H,2-3,9H2,1H3,(H,36,37)(H,40,41)/b17-8-,22-11+. The Bertz CT molecular complexity index is 1710. The van der Waals surface area contributed by atoms with Crippen LogP contribution in [0.2, 0.25) is 0 Å². The van der Waals surface area contributed by atoms with E-state index in [2.05, 4.69) is 16.5 Å². The molecule has 0 bridgehead atoms. The van der Waals surface area contributed by atoms with Crippen LogP contribution < -0.4 is 0 Å². The second-order valence-electron chi connectivity index (χ2n) is 9.65. The van der Waals surface area contributed by atoms with E-state index in [1.807, 2.05) is 31.2 Å². The van der Waals surface area contributed by atoms with E-state index in [1.165, 1.54) is 29.8 Å². The van der Waals surface area contributed by atoms with E-state index in [-0.39, 0.29) is 27.8 Å². The predicted molar refractivity (Wildman–Crippen MR) is 156 cm³/mol. The molecule has 0 saturated carbocycles. The zero-order chi connectivity index (χ0) is 29.3. The summed E-state index contributed by atoms with van der Waals surface area (Å²) in [7, 11) is 0. The quantitative estimate of drug-likeness (QED) is 0.164. The lowest BCUT2D eigenvalue weighted by Gasteiger charge is -2.30. The summed E-state index contributed by atoms with van der Waals surface area (Å²) in [5.74, 6) is -1.86. The molecule has 1 aromatic heterocycles. The number of para-hydroxylation sites is 2. The molecule has 41 heavy (non-hydrogen) atoms. The number of carbonyl (C=O) groups excluding carboxylic acids is 1. The Morgan fingerprint density at radius 2 is 1.85 bits per heavy atom. The number of H-pyrrole nitrogens is 1. The molecule has 9 heteroatoms. The van der Waals surface area contributed by atoms with Crippen LogP contribution in [0.25, 0.3) is 22.2 Å². The number of imidazole rings is 1. The van der Waals surface area contributed by atoms with Crippen molar-refractivity contribution >= 4 is 45.7 Å². The van der Waals surface area contributed by atoms with Gasteiger partial charge >= 0.3 is 12.0 Å². The molecule has 208 valence electrons. The fraction of sp³-hybridized carbons (Fsp3) is 0.156. The zero-order valence-corrected chi connectivity index (χ0v) is 22.8. The molecule has 1 amide bonds. The van der Waals surface area contributed by atoms with Crippen LogP contribution in [0, 0.1) is 0 Å². The molecule has 0 spiro atoms. The Kier molecular flexibility index (Phi) is 7.60. The highest BCUT2D eigenvalue weighted by Gasteiger charge is 2.54. The van der Waals surface area contributed by atoms with Crippen molar-refractivity contribution in [1.82, 2.24) is 14.9 Å². The summed E-state index contributed by atoms with van der Waals surface area (Å²) in [6.45, 7) is 5.98. The fourth-order valence-corrected chi connectivity index (χ4v) is 5.36. The smallest absolute Gasteiger partial charge is 0.356 e. The number of aromatic nitrogens is 2. The molecule has 0 aliphatic carbocycles. The summed E-state index contributed by atoms with van der Waals surface area (Å²) in [5, 5.41) is 10.1. The summed E-state index contributed by atoms with van der Waals surface area (Å²) >= 11 is 5.77. The van der Waals surface area contributed by atoms with Crippen LogP contribution in [0.4, 0.5) is 8.78 Å². The Hall–Kier alpha value is -4.56. The number of nitrogens with zero attached hydrogens (tertiary/aromatic N) is 2. The van der Waals surface area contributed by atoms with Gasteiger partial charge in [-0.1, -0.05) is 80.1 Å². The van der Waals surface area contributed by atoms with Crippen molar-refractivity contribution in [2.24, 2.45) is 0 Å². The van der Waals surface area contributed by atoms with Gasteiger partial charge in [-0.2, -0.15) is 8.78 Å². The maximum Gasteiger partial charge on any atom is 0.356 e. The van der Waals surface area contributed by atoms with Gasteiger partial charge in [0.25, 0.3) is 5.91 Å². The van der Waals surface area contributed by atoms with Gasteiger partial charge < -0.3 is 10.1 Å². The highest BCUT2D eigenvalue weighted by atomic mass is 35.5. The minimum Gasteiger partial charge on any atom is -0.478 e. The number of fused-ring (bicyclic) bond motifs is 2. The molecule has 0 saturated heterocycles. The summed E-state index contributed by atoms with van der Waals surface area (Å²) < 4.78 is 31.2. The van der Waals surface area contributed by atoms with Gasteiger partial charge in [-0.05, 0) is 53.5 Å². The maximum absolute atomic E-state index is 15.6. The third kappa shape index (κ3) is 4.95. The average Bonchev–Trinajstić information content (AvgIpc) is 3.49. The number of aromatic amines is 1. The second kappa shape index (κ2) is 11.1. The highest BCUT2D eigenvalue weighted by molar-refractivity contribution is 6.25. The predicted octanol–water partition coefficient (Wildman–Crippen LogP) is 8.16. The highest BCUT2D eigenvalue weighted by Crippen LogP contribution is 2.50. The topological polar surface area (TPSA) is 86.3 Å². The van der Waals surface area contributed by atoms with Crippen LogP contribution in [0.3, 0.4) is 0 Å². The molecule has 3 aromatic carbocycles. The average molecular weight is 574 g/mol. The molecule has 0 radical (unpaired) electrons. The molecular weight excluding hydrogens is 548 g/mol. The fourth-order valence-electron chi connectivity index (χ4n) is 5.29. The number of carboxylic acid groups (broad SMARTS) is 1. The molecular formula is C32H26ClF2N3O3. The molecule has 6 nitrogen and oxygen atoms in total. The number of halogens is 3. The second-order valence-corrected chi connectivity index (χ2v) is 9.91. The van der Waals surface area contributed by atoms with Crippen LogP contribution in [0.15, 0.2) is 91.0 Å². The Morgan fingerprint density at radius 3 is 2.56 bits per heavy atom. The number of aromatic carboxylic acids is 1. The van der Waals surface area contributed by atoms with Crippen LogP contribution in [-0.2, 0) is 6.05 Å². The molecule has 1 aliphatic rings. The van der Waals surface area contributed by atoms with Gasteiger partial charge in [0.15, 0.2) is 0 Å². The Balaban J connectivity index is 1.56. The lowest BCUT2D eigenvalue weighted by Crippen LogP contribution is -2.40. The number of rotatable bonds is 8. The number of benzene rings is 3. The van der Waals surface area contributed by atoms with E-state index in [9.17, 15) is 14.7 Å². The number of carbonyl (C=O) groups is 2. The van der Waals surface area contributed by atoms with Crippen molar-refractivity contribution in [3.05, 3.63) is 125 Å². The summed E-state index contributed by atoms with van der Waals surface area (Å²) in [5.41, 5.74) is 3.46. The number of alkyl halides is 2. The zero-order valence-electron chi connectivity index (χ0n) is 22.1. The largest absolute Gasteiger partial charge is 0.478 e. The van der Waals surface area contributed by atoms with E-state index in [0.29, 0.717) is 40.2 Å². The van der Waals surface area contributed by atoms with E-state index in [0.717, 1.165) is 11.6 Å². The van der Waals surface area contributed by atoms with Gasteiger partial charge in [0.05, 0.1) is 22.6 Å². The summed E-state index contributed by atoms with van der Waals surface area (Å²) in [4.78, 5) is 34.4. The van der Waals surface area contributed by atoms with Gasteiger partial charge in [-0.25, -0.2) is 9.78 Å². The van der Waals surface area contributed by atoms with Crippen molar-refractivity contribution in [2.75, 3.05) is 0 Å².